The SMILES string of the molecule is CC1(C)OC[C@H](c2cnc(NC(=O)[C@H](CC3CCCC3)n3cnc(C(F)(F)F)c3)cn2)O1. The molecule has 2 aliphatic rings. The number of nitrogens with zero attached hydrogens (tertiary/aromatic N) is 4. The first-order valence-corrected chi connectivity index (χ1v) is 10.7. The summed E-state index contributed by atoms with van der Waals surface area (Å²) in [6.07, 6.45) is 4.40. The first-order valence-electron chi connectivity index (χ1n) is 10.7. The van der Waals surface area contributed by atoms with E-state index in [0.717, 1.165) is 38.2 Å². The van der Waals surface area contributed by atoms with Gasteiger partial charge in [0.15, 0.2) is 17.3 Å². The molecule has 4 rings (SSSR count). The van der Waals surface area contributed by atoms with Crippen molar-refractivity contribution in [3.8, 4) is 0 Å². The highest BCUT2D eigenvalue weighted by atomic mass is 19.4. The Bertz CT molecular complexity index is 939. The molecule has 174 valence electrons. The molecule has 11 heteroatoms. The zero-order chi connectivity index (χ0) is 22.9. The van der Waals surface area contributed by atoms with Gasteiger partial charge in [-0.15, -0.1) is 0 Å². The van der Waals surface area contributed by atoms with E-state index in [0.29, 0.717) is 18.7 Å². The minimum Gasteiger partial charge on any atom is -0.347 e. The maximum Gasteiger partial charge on any atom is 0.434 e. The normalized spacial score (nSPS) is 22.2. The molecule has 8 nitrogen and oxygen atoms in total. The van der Waals surface area contributed by atoms with Gasteiger partial charge in [0, 0.05) is 6.20 Å². The number of anilines is 1. The number of ether oxygens (including phenoxy) is 2. The summed E-state index contributed by atoms with van der Waals surface area (Å²) in [4.78, 5) is 25.0. The molecule has 1 aliphatic carbocycles. The Morgan fingerprint density at radius 1 is 1.25 bits per heavy atom. The Hall–Kier alpha value is -2.53. The number of carbonyl (C=O) groups is 1. The molecule has 1 amide bonds. The zero-order valence-corrected chi connectivity index (χ0v) is 17.9. The van der Waals surface area contributed by atoms with E-state index >= 15 is 0 Å². The summed E-state index contributed by atoms with van der Waals surface area (Å²) in [6, 6.07) is -0.824. The standard InChI is InChI=1S/C21H26F3N5O3/c1-20(2)31-11-16(32-20)14-8-26-18(9-25-14)28-19(30)15(7-13-5-3-4-6-13)29-10-17(27-12-29)21(22,23)24/h8-10,12-13,15-16H,3-7,11H2,1-2H3,(H,26,28,30)/t15-,16+/m0/s1. The van der Waals surface area contributed by atoms with Crippen molar-refractivity contribution in [3.63, 3.8) is 0 Å². The molecule has 0 radical (unpaired) electrons. The number of rotatable bonds is 6. The molecule has 2 fully saturated rings. The molecule has 0 bridgehead atoms. The number of aromatic nitrogens is 4. The highest BCUT2D eigenvalue weighted by Crippen LogP contribution is 2.35. The second-order valence-electron chi connectivity index (χ2n) is 8.74. The minimum absolute atomic E-state index is 0.213. The fraction of sp³-hybridized carbons (Fsp3) is 0.619. The minimum atomic E-state index is -4.57. The van der Waals surface area contributed by atoms with E-state index in [1.807, 2.05) is 0 Å². The largest absolute Gasteiger partial charge is 0.434 e. The number of halogens is 3. The van der Waals surface area contributed by atoms with Crippen molar-refractivity contribution in [2.45, 2.75) is 70.1 Å². The van der Waals surface area contributed by atoms with Crippen molar-refractivity contribution in [3.05, 3.63) is 36.3 Å². The molecular formula is C21H26F3N5O3. The first kappa shape index (κ1) is 22.7. The maximum absolute atomic E-state index is 13.0. The van der Waals surface area contributed by atoms with Crippen LogP contribution in [-0.2, 0) is 20.4 Å². The van der Waals surface area contributed by atoms with Gasteiger partial charge in [0.25, 0.3) is 0 Å². The summed E-state index contributed by atoms with van der Waals surface area (Å²) in [5.74, 6) is -0.665. The van der Waals surface area contributed by atoms with Gasteiger partial charge in [0.05, 0.1) is 31.0 Å². The fourth-order valence-electron chi connectivity index (χ4n) is 4.19. The van der Waals surface area contributed by atoms with Crippen LogP contribution in [-0.4, -0.2) is 37.8 Å². The van der Waals surface area contributed by atoms with E-state index in [9.17, 15) is 18.0 Å². The maximum atomic E-state index is 13.0. The molecular weight excluding hydrogens is 427 g/mol. The van der Waals surface area contributed by atoms with Gasteiger partial charge >= 0.3 is 6.18 Å². The molecule has 2 aromatic rings. The van der Waals surface area contributed by atoms with Gasteiger partial charge < -0.3 is 19.4 Å². The van der Waals surface area contributed by atoms with Crippen LogP contribution in [0.2, 0.25) is 0 Å². The molecule has 1 saturated carbocycles. The average Bonchev–Trinajstić information content (AvgIpc) is 3.47. The van der Waals surface area contributed by atoms with Crippen LogP contribution in [0.1, 0.15) is 69.5 Å². The zero-order valence-electron chi connectivity index (χ0n) is 17.9. The summed E-state index contributed by atoms with van der Waals surface area (Å²) in [5.41, 5.74) is -0.451. The summed E-state index contributed by atoms with van der Waals surface area (Å²) < 4.78 is 51.6. The number of imidazole rings is 1. The third kappa shape index (κ3) is 5.26. The van der Waals surface area contributed by atoms with E-state index in [2.05, 4.69) is 20.3 Å². The molecule has 0 unspecified atom stereocenters. The fourth-order valence-corrected chi connectivity index (χ4v) is 4.19. The van der Waals surface area contributed by atoms with Gasteiger partial charge in [-0.25, -0.2) is 9.97 Å². The Morgan fingerprint density at radius 2 is 2.00 bits per heavy atom. The van der Waals surface area contributed by atoms with Crippen LogP contribution in [0.15, 0.2) is 24.9 Å². The number of hydrogen-bond acceptors (Lipinski definition) is 6. The quantitative estimate of drug-likeness (QED) is 0.702. The predicted molar refractivity (Wildman–Crippen MR) is 107 cm³/mol. The molecule has 3 heterocycles. The predicted octanol–water partition coefficient (Wildman–Crippen LogP) is 4.28. The third-order valence-electron chi connectivity index (χ3n) is 5.85. The molecule has 32 heavy (non-hydrogen) atoms. The summed E-state index contributed by atoms with van der Waals surface area (Å²) in [7, 11) is 0. The van der Waals surface area contributed by atoms with Gasteiger partial charge in [-0.2, -0.15) is 13.2 Å². The third-order valence-corrected chi connectivity index (χ3v) is 5.85. The van der Waals surface area contributed by atoms with Gasteiger partial charge in [-0.3, -0.25) is 9.78 Å². The van der Waals surface area contributed by atoms with Crippen LogP contribution in [0.3, 0.4) is 0 Å². The van der Waals surface area contributed by atoms with Crippen LogP contribution in [0, 0.1) is 5.92 Å². The van der Waals surface area contributed by atoms with Crippen molar-refractivity contribution >= 4 is 11.7 Å². The van der Waals surface area contributed by atoms with E-state index < -0.39 is 29.6 Å². The van der Waals surface area contributed by atoms with E-state index in [-0.39, 0.29) is 17.8 Å². The number of hydrogen-bond donors (Lipinski definition) is 1. The highest BCUT2D eigenvalue weighted by molar-refractivity contribution is 5.92. The number of alkyl halides is 3. The number of carbonyl (C=O) groups excluding carboxylic acids is 1. The second kappa shape index (κ2) is 8.78. The van der Waals surface area contributed by atoms with Crippen molar-refractivity contribution in [1.82, 2.24) is 19.5 Å². The summed E-state index contributed by atoms with van der Waals surface area (Å²) in [5, 5.41) is 2.68. The van der Waals surface area contributed by atoms with Crippen molar-refractivity contribution < 1.29 is 27.4 Å². The molecule has 0 spiro atoms. The second-order valence-corrected chi connectivity index (χ2v) is 8.74. The average molecular weight is 453 g/mol. The van der Waals surface area contributed by atoms with Gasteiger partial charge in [0.2, 0.25) is 5.91 Å². The summed E-state index contributed by atoms with van der Waals surface area (Å²) in [6.45, 7) is 3.96. The van der Waals surface area contributed by atoms with Crippen LogP contribution in [0.5, 0.6) is 0 Å². The Balaban J connectivity index is 1.47. The monoisotopic (exact) mass is 453 g/mol. The molecule has 2 aromatic heterocycles. The van der Waals surface area contributed by atoms with Crippen molar-refractivity contribution in [2.24, 2.45) is 5.92 Å². The number of amides is 1. The van der Waals surface area contributed by atoms with Gasteiger partial charge in [-0.05, 0) is 26.2 Å². The van der Waals surface area contributed by atoms with Crippen LogP contribution in [0.25, 0.3) is 0 Å². The molecule has 1 aliphatic heterocycles. The summed E-state index contributed by atoms with van der Waals surface area (Å²) >= 11 is 0. The number of nitrogens with one attached hydrogen (secondary N) is 1. The molecule has 2 atom stereocenters. The van der Waals surface area contributed by atoms with E-state index in [1.165, 1.54) is 17.0 Å². The molecule has 1 saturated heterocycles. The lowest BCUT2D eigenvalue weighted by Crippen LogP contribution is -2.27. The Labute approximate surface area is 183 Å². The Morgan fingerprint density at radius 3 is 2.56 bits per heavy atom. The highest BCUT2D eigenvalue weighted by Gasteiger charge is 2.36. The topological polar surface area (TPSA) is 91.2 Å². The van der Waals surface area contributed by atoms with Gasteiger partial charge in [0.1, 0.15) is 12.1 Å². The smallest absolute Gasteiger partial charge is 0.347 e. The lowest BCUT2D eigenvalue weighted by atomic mass is 9.97. The first-order chi connectivity index (χ1) is 15.1. The van der Waals surface area contributed by atoms with Gasteiger partial charge in [-0.1, -0.05) is 25.7 Å². The van der Waals surface area contributed by atoms with E-state index in [1.54, 1.807) is 13.8 Å². The molecule has 1 N–H and O–H groups in total. The van der Waals surface area contributed by atoms with E-state index in [4.69, 9.17) is 9.47 Å². The molecule has 0 aromatic carbocycles. The lowest BCUT2D eigenvalue weighted by Gasteiger charge is -2.21. The van der Waals surface area contributed by atoms with Crippen LogP contribution >= 0.6 is 0 Å². The lowest BCUT2D eigenvalue weighted by molar-refractivity contribution is -0.141. The Kier molecular flexibility index (Phi) is 6.22. The van der Waals surface area contributed by atoms with Crippen molar-refractivity contribution in [1.29, 1.82) is 0 Å². The van der Waals surface area contributed by atoms with Crippen molar-refractivity contribution in [2.75, 3.05) is 11.9 Å². The van der Waals surface area contributed by atoms with Crippen LogP contribution in [0.4, 0.5) is 19.0 Å². The van der Waals surface area contributed by atoms with Crippen LogP contribution < -0.4 is 5.32 Å².